The first-order valence-electron chi connectivity index (χ1n) is 3.11. The predicted octanol–water partition coefficient (Wildman–Crippen LogP) is 1.18. The van der Waals surface area contributed by atoms with Gasteiger partial charge in [-0.2, -0.15) is 4.98 Å². The summed E-state index contributed by atoms with van der Waals surface area (Å²) in [5.74, 6) is 0.381. The van der Waals surface area contributed by atoms with Crippen LogP contribution in [0.3, 0.4) is 0 Å². The SMILES string of the molecule is Clc1ncc(-c2ncno2)cn1. The fraction of sp³-hybridized carbons (Fsp3) is 0. The maximum Gasteiger partial charge on any atom is 0.260 e. The van der Waals surface area contributed by atoms with Gasteiger partial charge in [-0.05, 0) is 11.6 Å². The monoisotopic (exact) mass is 182 g/mol. The fourth-order valence-corrected chi connectivity index (χ4v) is 0.821. The van der Waals surface area contributed by atoms with Crippen LogP contribution in [0.1, 0.15) is 0 Å². The van der Waals surface area contributed by atoms with Crippen molar-refractivity contribution < 1.29 is 4.52 Å². The molecule has 0 aliphatic carbocycles. The van der Waals surface area contributed by atoms with Gasteiger partial charge >= 0.3 is 0 Å². The van der Waals surface area contributed by atoms with Gasteiger partial charge in [0, 0.05) is 12.4 Å². The third kappa shape index (κ3) is 1.26. The Kier molecular flexibility index (Phi) is 1.71. The van der Waals surface area contributed by atoms with Crippen molar-refractivity contribution in [1.82, 2.24) is 20.1 Å². The van der Waals surface area contributed by atoms with Crippen LogP contribution in [0.4, 0.5) is 0 Å². The molecule has 0 amide bonds. The molecule has 0 saturated carbocycles. The van der Waals surface area contributed by atoms with Crippen LogP contribution in [0.2, 0.25) is 5.28 Å². The molecule has 0 unspecified atom stereocenters. The molecule has 0 atom stereocenters. The normalized spacial score (nSPS) is 10.1. The summed E-state index contributed by atoms with van der Waals surface area (Å²) in [5, 5.41) is 3.64. The van der Waals surface area contributed by atoms with Gasteiger partial charge in [-0.25, -0.2) is 9.97 Å². The molecule has 2 aromatic rings. The molecule has 12 heavy (non-hydrogen) atoms. The molecule has 0 spiro atoms. The first-order chi connectivity index (χ1) is 5.86. The fourth-order valence-electron chi connectivity index (χ4n) is 0.723. The Balaban J connectivity index is 2.43. The maximum absolute atomic E-state index is 5.48. The van der Waals surface area contributed by atoms with Gasteiger partial charge in [-0.3, -0.25) is 0 Å². The van der Waals surface area contributed by atoms with Crippen molar-refractivity contribution in [3.8, 4) is 11.5 Å². The average Bonchev–Trinajstić information content (AvgIpc) is 2.58. The molecule has 0 fully saturated rings. The highest BCUT2D eigenvalue weighted by molar-refractivity contribution is 6.28. The molecule has 60 valence electrons. The van der Waals surface area contributed by atoms with Crippen molar-refractivity contribution in [3.05, 3.63) is 24.0 Å². The second kappa shape index (κ2) is 2.86. The molecule has 5 nitrogen and oxygen atoms in total. The van der Waals surface area contributed by atoms with Crippen molar-refractivity contribution >= 4 is 11.6 Å². The topological polar surface area (TPSA) is 64.7 Å². The van der Waals surface area contributed by atoms with E-state index >= 15 is 0 Å². The minimum Gasteiger partial charge on any atom is -0.334 e. The zero-order valence-corrected chi connectivity index (χ0v) is 6.56. The van der Waals surface area contributed by atoms with E-state index in [2.05, 4.69) is 20.1 Å². The van der Waals surface area contributed by atoms with E-state index in [1.807, 2.05) is 0 Å². The van der Waals surface area contributed by atoms with Crippen LogP contribution in [0.25, 0.3) is 11.5 Å². The molecule has 6 heteroatoms. The highest BCUT2D eigenvalue weighted by atomic mass is 35.5. The van der Waals surface area contributed by atoms with E-state index in [1.54, 1.807) is 0 Å². The molecule has 0 aromatic carbocycles. The van der Waals surface area contributed by atoms with Crippen molar-refractivity contribution in [2.24, 2.45) is 0 Å². The van der Waals surface area contributed by atoms with Crippen molar-refractivity contribution in [2.45, 2.75) is 0 Å². The Morgan fingerprint density at radius 3 is 2.50 bits per heavy atom. The number of nitrogens with zero attached hydrogens (tertiary/aromatic N) is 4. The molecule has 0 bridgehead atoms. The first-order valence-corrected chi connectivity index (χ1v) is 3.48. The minimum absolute atomic E-state index is 0.193. The zero-order chi connectivity index (χ0) is 8.39. The highest BCUT2D eigenvalue weighted by Crippen LogP contribution is 2.13. The standard InChI is InChI=1S/C6H3ClN4O/c7-6-8-1-4(2-9-6)5-10-3-11-12-5/h1-3H. The second-order valence-electron chi connectivity index (χ2n) is 1.99. The second-order valence-corrected chi connectivity index (χ2v) is 2.33. The van der Waals surface area contributed by atoms with Crippen LogP contribution in [-0.4, -0.2) is 20.1 Å². The van der Waals surface area contributed by atoms with Crippen LogP contribution < -0.4 is 0 Å². The molecule has 0 saturated heterocycles. The molecule has 0 aliphatic rings. The van der Waals surface area contributed by atoms with Gasteiger partial charge in [-0.15, -0.1) is 0 Å². The molecule has 0 aliphatic heterocycles. The Labute approximate surface area is 72.4 Å². The Hall–Kier alpha value is -1.49. The number of aromatic nitrogens is 4. The van der Waals surface area contributed by atoms with Crippen LogP contribution in [-0.2, 0) is 0 Å². The number of hydrogen-bond donors (Lipinski definition) is 0. The summed E-state index contributed by atoms with van der Waals surface area (Å²) in [7, 11) is 0. The van der Waals surface area contributed by atoms with Crippen molar-refractivity contribution in [1.29, 1.82) is 0 Å². The van der Waals surface area contributed by atoms with Crippen LogP contribution in [0.15, 0.2) is 23.2 Å². The van der Waals surface area contributed by atoms with Gasteiger partial charge < -0.3 is 4.52 Å². The first kappa shape index (κ1) is 7.17. The third-order valence-electron chi connectivity index (χ3n) is 1.23. The molecule has 2 rings (SSSR count). The lowest BCUT2D eigenvalue weighted by Crippen LogP contribution is -1.83. The summed E-state index contributed by atoms with van der Waals surface area (Å²) in [6.45, 7) is 0. The van der Waals surface area contributed by atoms with Gasteiger partial charge in [0.05, 0.1) is 5.56 Å². The van der Waals surface area contributed by atoms with Crippen molar-refractivity contribution in [3.63, 3.8) is 0 Å². The van der Waals surface area contributed by atoms with E-state index in [0.29, 0.717) is 11.5 Å². The largest absolute Gasteiger partial charge is 0.334 e. The van der Waals surface area contributed by atoms with E-state index in [1.165, 1.54) is 18.7 Å². The molecule has 2 heterocycles. The quantitative estimate of drug-likeness (QED) is 0.620. The van der Waals surface area contributed by atoms with Gasteiger partial charge in [-0.1, -0.05) is 5.16 Å². The summed E-state index contributed by atoms with van der Waals surface area (Å²) in [6.07, 6.45) is 4.34. The lowest BCUT2D eigenvalue weighted by Gasteiger charge is -1.90. The van der Waals surface area contributed by atoms with E-state index in [4.69, 9.17) is 16.1 Å². The predicted molar refractivity (Wildman–Crippen MR) is 40.3 cm³/mol. The van der Waals surface area contributed by atoms with Gasteiger partial charge in [0.25, 0.3) is 5.89 Å². The van der Waals surface area contributed by atoms with Gasteiger partial charge in [0.1, 0.15) is 0 Å². The lowest BCUT2D eigenvalue weighted by atomic mass is 10.3. The molecular weight excluding hydrogens is 180 g/mol. The zero-order valence-electron chi connectivity index (χ0n) is 5.81. The van der Waals surface area contributed by atoms with E-state index in [-0.39, 0.29) is 5.28 Å². The summed E-state index contributed by atoms with van der Waals surface area (Å²) >= 11 is 5.48. The Morgan fingerprint density at radius 2 is 1.92 bits per heavy atom. The Bertz CT molecular complexity index is 358. The van der Waals surface area contributed by atoms with Crippen LogP contribution in [0.5, 0.6) is 0 Å². The Morgan fingerprint density at radius 1 is 1.17 bits per heavy atom. The third-order valence-corrected chi connectivity index (χ3v) is 1.42. The van der Waals surface area contributed by atoms with E-state index < -0.39 is 0 Å². The summed E-state index contributed by atoms with van der Waals surface area (Å²) < 4.78 is 4.78. The number of halogens is 1. The van der Waals surface area contributed by atoms with E-state index in [0.717, 1.165) is 0 Å². The molecule has 2 aromatic heterocycles. The lowest BCUT2D eigenvalue weighted by molar-refractivity contribution is 0.430. The molecule has 0 N–H and O–H groups in total. The summed E-state index contributed by atoms with van der Waals surface area (Å²) in [5.41, 5.74) is 0.650. The van der Waals surface area contributed by atoms with Crippen LogP contribution in [0, 0.1) is 0 Å². The number of hydrogen-bond acceptors (Lipinski definition) is 5. The molecular formula is C6H3ClN4O. The van der Waals surface area contributed by atoms with Crippen LogP contribution >= 0.6 is 11.6 Å². The van der Waals surface area contributed by atoms with Crippen molar-refractivity contribution in [2.75, 3.05) is 0 Å². The number of rotatable bonds is 1. The van der Waals surface area contributed by atoms with E-state index in [9.17, 15) is 0 Å². The minimum atomic E-state index is 0.193. The van der Waals surface area contributed by atoms with Gasteiger partial charge in [0.15, 0.2) is 6.33 Å². The highest BCUT2D eigenvalue weighted by Gasteiger charge is 2.03. The molecule has 0 radical (unpaired) electrons. The average molecular weight is 183 g/mol. The smallest absolute Gasteiger partial charge is 0.260 e. The summed E-state index contributed by atoms with van der Waals surface area (Å²) in [6, 6.07) is 0. The maximum atomic E-state index is 5.48. The van der Waals surface area contributed by atoms with Gasteiger partial charge in [0.2, 0.25) is 5.28 Å². The summed E-state index contributed by atoms with van der Waals surface area (Å²) in [4.78, 5) is 11.3.